The Morgan fingerprint density at radius 2 is 1.24 bits per heavy atom. The van der Waals surface area contributed by atoms with E-state index in [-0.39, 0.29) is 0 Å². The van der Waals surface area contributed by atoms with Gasteiger partial charge >= 0.3 is 0 Å². The Labute approximate surface area is 440 Å². The number of likely N-dealkylation sites (tertiary alicyclic amines) is 1. The van der Waals surface area contributed by atoms with E-state index in [1.807, 2.05) is 11.1 Å². The van der Waals surface area contributed by atoms with Gasteiger partial charge in [0, 0.05) is 17.7 Å². The van der Waals surface area contributed by atoms with Crippen molar-refractivity contribution >= 4 is 0 Å². The normalized spacial score (nSPS) is 49.6. The molecule has 392 valence electrons. The van der Waals surface area contributed by atoms with E-state index in [2.05, 4.69) is 47.3 Å². The van der Waals surface area contributed by atoms with E-state index in [1.54, 1.807) is 70.6 Å². The molecule has 11 fully saturated rings. The van der Waals surface area contributed by atoms with Crippen LogP contribution in [-0.2, 0) is 0 Å². The predicted octanol–water partition coefficient (Wildman–Crippen LogP) is 18.3. The first-order chi connectivity index (χ1) is 35.5. The van der Waals surface area contributed by atoms with Gasteiger partial charge in [-0.25, -0.2) is 0 Å². The second-order valence-corrected chi connectivity index (χ2v) is 30.3. The lowest BCUT2D eigenvalue weighted by molar-refractivity contribution is -0.308. The molecule has 1 heterocycles. The van der Waals surface area contributed by atoms with Gasteiger partial charge < -0.3 is 0 Å². The van der Waals surface area contributed by atoms with Crippen LogP contribution in [0.3, 0.4) is 0 Å². The maximum absolute atomic E-state index is 9.75. The molecule has 16 aliphatic rings. The lowest BCUT2D eigenvalue weighted by Gasteiger charge is -2.79. The van der Waals surface area contributed by atoms with Crippen molar-refractivity contribution in [3.8, 4) is 6.07 Å². The van der Waals surface area contributed by atoms with Gasteiger partial charge in [-0.15, -0.1) is 0 Å². The Morgan fingerprint density at radius 3 is 1.99 bits per heavy atom. The van der Waals surface area contributed by atoms with Crippen molar-refractivity contribution in [2.45, 2.75) is 257 Å². The van der Waals surface area contributed by atoms with Crippen LogP contribution in [0.4, 0.5) is 0 Å². The fraction of sp³-hybridized carbons (Fsp3) is 0.871. The van der Waals surface area contributed by atoms with Gasteiger partial charge in [0.15, 0.2) is 0 Å². The van der Waals surface area contributed by atoms with Crippen LogP contribution < -0.4 is 0 Å². The van der Waals surface area contributed by atoms with E-state index in [9.17, 15) is 5.26 Å². The number of rotatable bonds is 7. The summed E-state index contributed by atoms with van der Waals surface area (Å²) in [6.45, 7) is 3.83. The van der Waals surface area contributed by atoms with Crippen LogP contribution in [0.15, 0.2) is 46.1 Å². The molecule has 0 radical (unpaired) electrons. The SMILES string of the molecule is CCN1C2CCCCC2C(C2=CCC(C3CC=C4C5=C(CCCC53)C3CC5C(CC43)C3(C4CCCCC4)CC4(C3)C3CCC(C6CC=C(C#N)CC6)CC3C(C3CCCCC3)CC54)CC2)C1C1CCCCC1. The lowest BCUT2D eigenvalue weighted by atomic mass is 9.25. The molecular formula is C70H102N2. The van der Waals surface area contributed by atoms with E-state index in [0.29, 0.717) is 10.8 Å². The smallest absolute Gasteiger partial charge is 0.0943 e. The highest BCUT2D eigenvalue weighted by atomic mass is 15.2. The van der Waals surface area contributed by atoms with Crippen LogP contribution >= 0.6 is 0 Å². The van der Waals surface area contributed by atoms with Crippen molar-refractivity contribution in [3.05, 3.63) is 46.1 Å². The van der Waals surface area contributed by atoms with E-state index >= 15 is 0 Å². The van der Waals surface area contributed by atoms with Crippen LogP contribution in [0.1, 0.15) is 244 Å². The zero-order chi connectivity index (χ0) is 47.7. The van der Waals surface area contributed by atoms with Gasteiger partial charge in [-0.1, -0.05) is 120 Å². The molecule has 0 aromatic carbocycles. The molecule has 72 heavy (non-hydrogen) atoms. The molecule has 0 N–H and O–H groups in total. The van der Waals surface area contributed by atoms with Gasteiger partial charge in [-0.2, -0.15) is 5.26 Å². The average Bonchev–Trinajstić information content (AvgIpc) is 3.96. The third-order valence-electron chi connectivity index (χ3n) is 28.4. The summed E-state index contributed by atoms with van der Waals surface area (Å²) < 4.78 is 0. The molecular weight excluding hydrogens is 869 g/mol. The molecule has 1 saturated heterocycles. The largest absolute Gasteiger partial charge is 0.297 e. The minimum atomic E-state index is 0.682. The van der Waals surface area contributed by atoms with E-state index in [4.69, 9.17) is 0 Å². The Hall–Kier alpha value is -1.59. The quantitative estimate of drug-likeness (QED) is 0.238. The first-order valence-corrected chi connectivity index (χ1v) is 33.5. The number of fused-ring (bicyclic) bond motifs is 5. The van der Waals surface area contributed by atoms with Gasteiger partial charge in [0.05, 0.1) is 6.07 Å². The first kappa shape index (κ1) is 47.6. The molecule has 2 bridgehead atoms. The fourth-order valence-electron chi connectivity index (χ4n) is 26.1. The van der Waals surface area contributed by atoms with Crippen LogP contribution in [0.25, 0.3) is 0 Å². The zero-order valence-corrected chi connectivity index (χ0v) is 46.0. The second-order valence-electron chi connectivity index (χ2n) is 30.3. The van der Waals surface area contributed by atoms with Gasteiger partial charge in [-0.3, -0.25) is 4.90 Å². The number of nitrogens with zero attached hydrogens (tertiary/aromatic N) is 2. The zero-order valence-electron chi connectivity index (χ0n) is 46.0. The molecule has 16 rings (SSSR count). The summed E-state index contributed by atoms with van der Waals surface area (Å²) in [5, 5.41) is 9.75. The third-order valence-corrected chi connectivity index (χ3v) is 28.4. The van der Waals surface area contributed by atoms with Crippen molar-refractivity contribution in [1.82, 2.24) is 4.90 Å². The monoisotopic (exact) mass is 971 g/mol. The average molecular weight is 972 g/mol. The Kier molecular flexibility index (Phi) is 12.6. The molecule has 15 aliphatic carbocycles. The molecule has 17 atom stereocenters. The first-order valence-electron chi connectivity index (χ1n) is 33.5. The van der Waals surface area contributed by atoms with Crippen molar-refractivity contribution in [3.63, 3.8) is 0 Å². The predicted molar refractivity (Wildman–Crippen MR) is 295 cm³/mol. The number of hydrogen-bond acceptors (Lipinski definition) is 2. The van der Waals surface area contributed by atoms with E-state index < -0.39 is 0 Å². The maximum Gasteiger partial charge on any atom is 0.0943 e. The molecule has 10 saturated carbocycles. The van der Waals surface area contributed by atoms with Crippen molar-refractivity contribution in [2.24, 2.45) is 117 Å². The summed E-state index contributed by atoms with van der Waals surface area (Å²) in [6.07, 6.45) is 64.1. The standard InChI is InChI=1S/C70H102N2/c1-2-72-65-24-13-12-21-56(65)66(68(72)49-17-8-4-9-18-49)48-31-29-47(30-32-48)52-34-35-55-59-40-63-61(38-58(59)54-23-14-22-53(52)67(54)55)64-39-57(46-15-6-3-7-16-46)60-37-50(45-27-25-44(41-71)26-28-45)33-36-62(60)70(64)42-69(63,43-70)51-19-10-5-11-20-51/h25,31,35,45-47,49-53,56-66,68H,2-24,26-30,32-34,36-40,42-43H2,1H3. The topological polar surface area (TPSA) is 27.0 Å². The Morgan fingerprint density at radius 1 is 0.500 bits per heavy atom. The summed E-state index contributed by atoms with van der Waals surface area (Å²) in [6, 6.07) is 4.29. The molecule has 2 nitrogen and oxygen atoms in total. The molecule has 17 unspecified atom stereocenters. The van der Waals surface area contributed by atoms with Crippen molar-refractivity contribution in [2.75, 3.05) is 6.54 Å². The van der Waals surface area contributed by atoms with Crippen LogP contribution in [0, 0.1) is 129 Å². The Balaban J connectivity index is 0.720. The number of allylic oxidation sites excluding steroid dienone is 7. The van der Waals surface area contributed by atoms with Gasteiger partial charge in [0.1, 0.15) is 0 Å². The minimum absolute atomic E-state index is 0.682. The summed E-state index contributed by atoms with van der Waals surface area (Å²) in [4.78, 5) is 3.13. The maximum atomic E-state index is 9.75. The van der Waals surface area contributed by atoms with E-state index in [1.165, 1.54) is 167 Å². The molecule has 1 aliphatic heterocycles. The van der Waals surface area contributed by atoms with Crippen LogP contribution in [0.2, 0.25) is 0 Å². The van der Waals surface area contributed by atoms with Crippen molar-refractivity contribution < 1.29 is 0 Å². The number of nitriles is 1. The molecule has 0 aromatic rings. The molecule has 1 spiro atoms. The van der Waals surface area contributed by atoms with E-state index in [0.717, 1.165) is 131 Å². The second kappa shape index (κ2) is 19.1. The highest BCUT2D eigenvalue weighted by Crippen LogP contribution is 2.83. The van der Waals surface area contributed by atoms with Crippen LogP contribution in [-0.4, -0.2) is 23.5 Å². The van der Waals surface area contributed by atoms with Crippen molar-refractivity contribution in [1.29, 1.82) is 5.26 Å². The van der Waals surface area contributed by atoms with Gasteiger partial charge in [0.25, 0.3) is 0 Å². The highest BCUT2D eigenvalue weighted by molar-refractivity contribution is 5.51. The molecule has 0 amide bonds. The Bertz CT molecular complexity index is 2190. The summed E-state index contributed by atoms with van der Waals surface area (Å²) in [7, 11) is 0. The minimum Gasteiger partial charge on any atom is -0.297 e. The van der Waals surface area contributed by atoms with Gasteiger partial charge in [0.2, 0.25) is 0 Å². The summed E-state index contributed by atoms with van der Waals surface area (Å²) >= 11 is 0. The summed E-state index contributed by atoms with van der Waals surface area (Å²) in [5.41, 5.74) is 10.6. The molecule has 0 aromatic heterocycles. The molecule has 2 heteroatoms. The van der Waals surface area contributed by atoms with Crippen LogP contribution in [0.5, 0.6) is 0 Å². The third kappa shape index (κ3) is 7.37. The fourth-order valence-corrected chi connectivity index (χ4v) is 26.1. The summed E-state index contributed by atoms with van der Waals surface area (Å²) in [5.74, 6) is 17.3. The lowest BCUT2D eigenvalue weighted by Crippen LogP contribution is -2.72. The number of hydrogen-bond donors (Lipinski definition) is 0. The highest BCUT2D eigenvalue weighted by Gasteiger charge is 2.76. The van der Waals surface area contributed by atoms with Gasteiger partial charge in [-0.05, 0) is 289 Å².